The van der Waals surface area contributed by atoms with Gasteiger partial charge in [0.05, 0.1) is 5.69 Å². The van der Waals surface area contributed by atoms with E-state index >= 15 is 0 Å². The van der Waals surface area contributed by atoms with Crippen molar-refractivity contribution in [3.05, 3.63) is 46.3 Å². The molecule has 0 aliphatic heterocycles. The second kappa shape index (κ2) is 4.85. The molecule has 2 aromatic rings. The fraction of sp³-hybridized carbons (Fsp3) is 0.231. The lowest BCUT2D eigenvalue weighted by Gasteiger charge is -2.08. The summed E-state index contributed by atoms with van der Waals surface area (Å²) >= 11 is 3.31. The van der Waals surface area contributed by atoms with Gasteiger partial charge in [0, 0.05) is 18.1 Å². The molecule has 3 rings (SSSR count). The minimum Gasteiger partial charge on any atom is -0.338 e. The normalized spacial score (nSPS) is 14.5. The van der Waals surface area contributed by atoms with Gasteiger partial charge in [0.25, 0.3) is 0 Å². The minimum absolute atomic E-state index is 0.189. The molecule has 1 saturated carbocycles. The summed E-state index contributed by atoms with van der Waals surface area (Å²) in [6.45, 7) is 0. The zero-order chi connectivity index (χ0) is 13.4. The summed E-state index contributed by atoms with van der Waals surface area (Å²) in [5.41, 5.74) is 0.189. The van der Waals surface area contributed by atoms with Gasteiger partial charge in [0.15, 0.2) is 0 Å². The van der Waals surface area contributed by atoms with Crippen LogP contribution in [0, 0.1) is 11.6 Å². The van der Waals surface area contributed by atoms with Gasteiger partial charge in [-0.05, 0) is 40.9 Å². The first-order valence-corrected chi connectivity index (χ1v) is 6.67. The summed E-state index contributed by atoms with van der Waals surface area (Å²) in [5, 5.41) is 2.84. The van der Waals surface area contributed by atoms with Crippen LogP contribution in [0.2, 0.25) is 0 Å². The van der Waals surface area contributed by atoms with Crippen LogP contribution in [-0.4, -0.2) is 9.97 Å². The minimum atomic E-state index is -0.650. The number of halogens is 3. The molecule has 1 aliphatic rings. The molecule has 1 aromatic heterocycles. The molecule has 1 aromatic carbocycles. The van der Waals surface area contributed by atoms with E-state index in [1.54, 1.807) is 6.07 Å². The molecule has 1 fully saturated rings. The highest BCUT2D eigenvalue weighted by molar-refractivity contribution is 9.10. The molecule has 0 radical (unpaired) electrons. The number of hydrogen-bond acceptors (Lipinski definition) is 3. The number of rotatable bonds is 3. The maximum atomic E-state index is 13.6. The Bertz CT molecular complexity index is 629. The molecule has 0 saturated heterocycles. The van der Waals surface area contributed by atoms with Gasteiger partial charge in [-0.25, -0.2) is 18.7 Å². The molecular formula is C13H10BrF2N3. The molecule has 98 valence electrons. The number of anilines is 2. The topological polar surface area (TPSA) is 37.8 Å². The predicted molar refractivity (Wildman–Crippen MR) is 71.3 cm³/mol. The second-order valence-electron chi connectivity index (χ2n) is 4.46. The van der Waals surface area contributed by atoms with Crippen LogP contribution in [0.1, 0.15) is 24.6 Å². The molecule has 1 N–H and O–H groups in total. The van der Waals surface area contributed by atoms with Crippen molar-refractivity contribution in [3.8, 4) is 0 Å². The van der Waals surface area contributed by atoms with Crippen molar-refractivity contribution >= 4 is 27.4 Å². The van der Waals surface area contributed by atoms with Crippen LogP contribution < -0.4 is 5.32 Å². The Morgan fingerprint density at radius 2 is 1.95 bits per heavy atom. The third kappa shape index (κ3) is 2.89. The van der Waals surface area contributed by atoms with Crippen LogP contribution in [0.5, 0.6) is 0 Å². The standard InChI is InChI=1S/C13H10BrF2N3/c14-11-6-12(19-13(18-11)7-1-2-7)17-10-4-3-8(15)5-9(10)16/h3-7H,1-2H2,(H,17,18,19). The van der Waals surface area contributed by atoms with Gasteiger partial charge in [-0.2, -0.15) is 0 Å². The van der Waals surface area contributed by atoms with E-state index in [0.717, 1.165) is 24.7 Å². The van der Waals surface area contributed by atoms with Gasteiger partial charge < -0.3 is 5.32 Å². The lowest BCUT2D eigenvalue weighted by molar-refractivity contribution is 0.586. The van der Waals surface area contributed by atoms with E-state index in [9.17, 15) is 8.78 Å². The molecule has 6 heteroatoms. The average Bonchev–Trinajstić information content (AvgIpc) is 3.16. The lowest BCUT2D eigenvalue weighted by atomic mass is 10.3. The van der Waals surface area contributed by atoms with Crippen LogP contribution in [0.4, 0.5) is 20.3 Å². The van der Waals surface area contributed by atoms with Crippen LogP contribution in [0.15, 0.2) is 28.9 Å². The molecule has 0 atom stereocenters. The van der Waals surface area contributed by atoms with Crippen molar-refractivity contribution in [2.45, 2.75) is 18.8 Å². The number of aromatic nitrogens is 2. The molecule has 1 aliphatic carbocycles. The van der Waals surface area contributed by atoms with E-state index in [1.807, 2.05) is 0 Å². The summed E-state index contributed by atoms with van der Waals surface area (Å²) in [4.78, 5) is 8.63. The highest BCUT2D eigenvalue weighted by Crippen LogP contribution is 2.39. The largest absolute Gasteiger partial charge is 0.338 e. The lowest BCUT2D eigenvalue weighted by Crippen LogP contribution is -2.01. The number of nitrogens with zero attached hydrogens (tertiary/aromatic N) is 2. The first-order valence-electron chi connectivity index (χ1n) is 5.88. The average molecular weight is 326 g/mol. The monoisotopic (exact) mass is 325 g/mol. The molecule has 1 heterocycles. The Morgan fingerprint density at radius 1 is 1.16 bits per heavy atom. The summed E-state index contributed by atoms with van der Waals surface area (Å²) in [5.74, 6) is 0.387. The molecule has 0 spiro atoms. The van der Waals surface area contributed by atoms with E-state index in [0.29, 0.717) is 16.3 Å². The highest BCUT2D eigenvalue weighted by Gasteiger charge is 2.27. The van der Waals surface area contributed by atoms with Crippen molar-refractivity contribution in [2.24, 2.45) is 0 Å². The molecule has 0 unspecified atom stereocenters. The van der Waals surface area contributed by atoms with Gasteiger partial charge in [0.1, 0.15) is 27.9 Å². The third-order valence-electron chi connectivity index (χ3n) is 2.85. The van der Waals surface area contributed by atoms with E-state index in [1.165, 1.54) is 12.1 Å². The smallest absolute Gasteiger partial charge is 0.149 e. The summed E-state index contributed by atoms with van der Waals surface area (Å²) in [6.07, 6.45) is 2.17. The summed E-state index contributed by atoms with van der Waals surface area (Å²) in [7, 11) is 0. The number of nitrogens with one attached hydrogen (secondary N) is 1. The van der Waals surface area contributed by atoms with E-state index in [-0.39, 0.29) is 5.69 Å². The zero-order valence-corrected chi connectivity index (χ0v) is 11.4. The maximum absolute atomic E-state index is 13.6. The Hall–Kier alpha value is -1.56. The van der Waals surface area contributed by atoms with Crippen molar-refractivity contribution < 1.29 is 8.78 Å². The highest BCUT2D eigenvalue weighted by atomic mass is 79.9. The number of benzene rings is 1. The predicted octanol–water partition coefficient (Wildman–Crippen LogP) is 4.14. The fourth-order valence-electron chi connectivity index (χ4n) is 1.75. The van der Waals surface area contributed by atoms with E-state index < -0.39 is 11.6 Å². The van der Waals surface area contributed by atoms with Crippen LogP contribution in [-0.2, 0) is 0 Å². The third-order valence-corrected chi connectivity index (χ3v) is 3.25. The van der Waals surface area contributed by atoms with Crippen molar-refractivity contribution in [1.82, 2.24) is 9.97 Å². The van der Waals surface area contributed by atoms with E-state index in [4.69, 9.17) is 0 Å². The van der Waals surface area contributed by atoms with Crippen molar-refractivity contribution in [3.63, 3.8) is 0 Å². The Labute approximate surface area is 117 Å². The Balaban J connectivity index is 1.89. The molecular weight excluding hydrogens is 316 g/mol. The van der Waals surface area contributed by atoms with E-state index in [2.05, 4.69) is 31.2 Å². The molecule has 3 nitrogen and oxygen atoms in total. The van der Waals surface area contributed by atoms with Gasteiger partial charge in [-0.1, -0.05) is 0 Å². The quantitative estimate of drug-likeness (QED) is 0.862. The van der Waals surface area contributed by atoms with Gasteiger partial charge in [-0.3, -0.25) is 0 Å². The SMILES string of the molecule is Fc1ccc(Nc2cc(Br)nc(C3CC3)n2)c(F)c1. The van der Waals surface area contributed by atoms with Crippen molar-refractivity contribution in [1.29, 1.82) is 0 Å². The fourth-order valence-corrected chi connectivity index (χ4v) is 2.15. The first-order chi connectivity index (χ1) is 9.11. The van der Waals surface area contributed by atoms with Crippen LogP contribution in [0.25, 0.3) is 0 Å². The molecule has 0 bridgehead atoms. The first kappa shape index (κ1) is 12.5. The summed E-state index contributed by atoms with van der Waals surface area (Å²) in [6, 6.07) is 5.04. The van der Waals surface area contributed by atoms with Gasteiger partial charge >= 0.3 is 0 Å². The van der Waals surface area contributed by atoms with Crippen LogP contribution >= 0.6 is 15.9 Å². The Kier molecular flexibility index (Phi) is 3.18. The Morgan fingerprint density at radius 3 is 2.63 bits per heavy atom. The maximum Gasteiger partial charge on any atom is 0.149 e. The van der Waals surface area contributed by atoms with Gasteiger partial charge in [-0.15, -0.1) is 0 Å². The second-order valence-corrected chi connectivity index (χ2v) is 5.27. The van der Waals surface area contributed by atoms with Crippen molar-refractivity contribution in [2.75, 3.05) is 5.32 Å². The number of hydrogen-bond donors (Lipinski definition) is 1. The zero-order valence-electron chi connectivity index (χ0n) is 9.83. The molecule has 19 heavy (non-hydrogen) atoms. The summed E-state index contributed by atoms with van der Waals surface area (Å²) < 4.78 is 27.0. The molecule has 0 amide bonds. The van der Waals surface area contributed by atoms with Crippen LogP contribution in [0.3, 0.4) is 0 Å². The van der Waals surface area contributed by atoms with Gasteiger partial charge in [0.2, 0.25) is 0 Å².